The van der Waals surface area contributed by atoms with Crippen molar-refractivity contribution in [1.82, 2.24) is 4.90 Å². The van der Waals surface area contributed by atoms with Crippen LogP contribution in [-0.2, 0) is 16.1 Å². The minimum Gasteiger partial charge on any atom is -0.497 e. The molecule has 0 saturated heterocycles. The Morgan fingerprint density at radius 2 is 1.64 bits per heavy atom. The lowest BCUT2D eigenvalue weighted by atomic mass is 10.1. The summed E-state index contributed by atoms with van der Waals surface area (Å²) in [6, 6.07) is 16.6. The summed E-state index contributed by atoms with van der Waals surface area (Å²) in [5, 5.41) is 0. The van der Waals surface area contributed by atoms with Crippen LogP contribution < -0.4 is 4.74 Å². The fraction of sp³-hybridized carbons (Fsp3) is 0.300. The van der Waals surface area contributed by atoms with E-state index in [9.17, 15) is 9.59 Å². The molecule has 0 fully saturated rings. The Morgan fingerprint density at radius 1 is 1.00 bits per heavy atom. The zero-order valence-electron chi connectivity index (χ0n) is 14.8. The van der Waals surface area contributed by atoms with Crippen molar-refractivity contribution in [3.05, 3.63) is 65.7 Å². The molecule has 0 bridgehead atoms. The molecule has 0 N–H and O–H groups in total. The van der Waals surface area contributed by atoms with Crippen LogP contribution in [0.3, 0.4) is 0 Å². The molecule has 0 heterocycles. The van der Waals surface area contributed by atoms with Gasteiger partial charge in [0.1, 0.15) is 5.75 Å². The molecule has 2 rings (SSSR count). The zero-order valence-corrected chi connectivity index (χ0v) is 14.8. The fourth-order valence-corrected chi connectivity index (χ4v) is 2.55. The van der Waals surface area contributed by atoms with Gasteiger partial charge in [0.05, 0.1) is 20.1 Å². The second-order valence-corrected chi connectivity index (χ2v) is 5.82. The Hall–Kier alpha value is -2.82. The van der Waals surface area contributed by atoms with Gasteiger partial charge in [0.15, 0.2) is 0 Å². The standard InChI is InChI=1S/C20H23NO4/c1-15(20(23)25-3)13-21(14-16-7-5-4-6-8-16)19(22)17-9-11-18(24-2)12-10-17/h4-12,15H,13-14H2,1-3H3. The molecule has 132 valence electrons. The summed E-state index contributed by atoms with van der Waals surface area (Å²) in [5.74, 6) is -0.187. The lowest BCUT2D eigenvalue weighted by Gasteiger charge is -2.25. The van der Waals surface area contributed by atoms with Gasteiger partial charge in [-0.05, 0) is 29.8 Å². The highest BCUT2D eigenvalue weighted by Gasteiger charge is 2.22. The van der Waals surface area contributed by atoms with Crippen molar-refractivity contribution >= 4 is 11.9 Å². The van der Waals surface area contributed by atoms with E-state index in [0.29, 0.717) is 17.9 Å². The van der Waals surface area contributed by atoms with Gasteiger partial charge in [0.2, 0.25) is 0 Å². The zero-order chi connectivity index (χ0) is 18.2. The third-order valence-corrected chi connectivity index (χ3v) is 3.94. The summed E-state index contributed by atoms with van der Waals surface area (Å²) in [6.45, 7) is 2.46. The molecule has 5 nitrogen and oxygen atoms in total. The average molecular weight is 341 g/mol. The van der Waals surface area contributed by atoms with E-state index in [4.69, 9.17) is 9.47 Å². The number of rotatable bonds is 7. The number of methoxy groups -OCH3 is 2. The second kappa shape index (κ2) is 8.87. The van der Waals surface area contributed by atoms with Crippen molar-refractivity contribution in [2.45, 2.75) is 13.5 Å². The molecule has 2 aromatic carbocycles. The Morgan fingerprint density at radius 3 is 2.20 bits per heavy atom. The van der Waals surface area contributed by atoms with Gasteiger partial charge in [-0.25, -0.2) is 0 Å². The van der Waals surface area contributed by atoms with Gasteiger partial charge in [0.25, 0.3) is 5.91 Å². The van der Waals surface area contributed by atoms with E-state index in [1.54, 1.807) is 43.2 Å². The molecular formula is C20H23NO4. The second-order valence-electron chi connectivity index (χ2n) is 5.82. The number of amides is 1. The van der Waals surface area contributed by atoms with Crippen LogP contribution in [0.5, 0.6) is 5.75 Å². The molecule has 2 aromatic rings. The summed E-state index contributed by atoms with van der Waals surface area (Å²) in [7, 11) is 2.93. The van der Waals surface area contributed by atoms with Crippen LogP contribution in [0.25, 0.3) is 0 Å². The van der Waals surface area contributed by atoms with Crippen molar-refractivity contribution in [3.8, 4) is 5.75 Å². The largest absolute Gasteiger partial charge is 0.497 e. The highest BCUT2D eigenvalue weighted by Crippen LogP contribution is 2.16. The maximum Gasteiger partial charge on any atom is 0.310 e. The lowest BCUT2D eigenvalue weighted by Crippen LogP contribution is -2.36. The first kappa shape index (κ1) is 18.5. The molecular weight excluding hydrogens is 318 g/mol. The molecule has 1 amide bonds. The van der Waals surface area contributed by atoms with E-state index < -0.39 is 5.92 Å². The smallest absolute Gasteiger partial charge is 0.310 e. The number of carbonyl (C=O) groups excluding carboxylic acids is 2. The molecule has 0 aliphatic carbocycles. The van der Waals surface area contributed by atoms with Crippen molar-refractivity contribution in [2.75, 3.05) is 20.8 Å². The Labute approximate surface area is 148 Å². The molecule has 1 unspecified atom stereocenters. The van der Waals surface area contributed by atoms with Crippen LogP contribution >= 0.6 is 0 Å². The summed E-state index contributed by atoms with van der Waals surface area (Å²) < 4.78 is 9.91. The monoisotopic (exact) mass is 341 g/mol. The van der Waals surface area contributed by atoms with Crippen LogP contribution in [0.1, 0.15) is 22.8 Å². The van der Waals surface area contributed by atoms with Gasteiger partial charge in [-0.2, -0.15) is 0 Å². The molecule has 5 heteroatoms. The van der Waals surface area contributed by atoms with Crippen LogP contribution in [0.2, 0.25) is 0 Å². The van der Waals surface area contributed by atoms with Gasteiger partial charge in [-0.3, -0.25) is 9.59 Å². The third kappa shape index (κ3) is 5.08. The number of ether oxygens (including phenoxy) is 2. The van der Waals surface area contributed by atoms with E-state index in [-0.39, 0.29) is 18.4 Å². The minimum atomic E-state index is -0.407. The predicted molar refractivity (Wildman–Crippen MR) is 95.4 cm³/mol. The third-order valence-electron chi connectivity index (χ3n) is 3.94. The number of carbonyl (C=O) groups is 2. The summed E-state index contributed by atoms with van der Waals surface area (Å²) >= 11 is 0. The van der Waals surface area contributed by atoms with E-state index >= 15 is 0 Å². The van der Waals surface area contributed by atoms with Crippen molar-refractivity contribution in [3.63, 3.8) is 0 Å². The van der Waals surface area contributed by atoms with Crippen LogP contribution in [0.15, 0.2) is 54.6 Å². The first-order valence-electron chi connectivity index (χ1n) is 8.10. The number of hydrogen-bond donors (Lipinski definition) is 0. The Bertz CT molecular complexity index is 697. The van der Waals surface area contributed by atoms with Crippen molar-refractivity contribution < 1.29 is 19.1 Å². The molecule has 0 spiro atoms. The molecule has 1 atom stereocenters. The van der Waals surface area contributed by atoms with Crippen molar-refractivity contribution in [2.24, 2.45) is 5.92 Å². The number of benzene rings is 2. The number of esters is 1. The normalized spacial score (nSPS) is 11.5. The lowest BCUT2D eigenvalue weighted by molar-refractivity contribution is -0.145. The molecule has 25 heavy (non-hydrogen) atoms. The molecule has 0 radical (unpaired) electrons. The molecule has 0 aromatic heterocycles. The van der Waals surface area contributed by atoms with Crippen LogP contribution in [0.4, 0.5) is 0 Å². The van der Waals surface area contributed by atoms with E-state index in [2.05, 4.69) is 0 Å². The van der Waals surface area contributed by atoms with Gasteiger partial charge >= 0.3 is 5.97 Å². The van der Waals surface area contributed by atoms with Gasteiger partial charge in [-0.1, -0.05) is 37.3 Å². The first-order chi connectivity index (χ1) is 12.0. The fourth-order valence-electron chi connectivity index (χ4n) is 2.55. The van der Waals surface area contributed by atoms with Crippen molar-refractivity contribution in [1.29, 1.82) is 0 Å². The van der Waals surface area contributed by atoms with Crippen LogP contribution in [-0.4, -0.2) is 37.5 Å². The maximum atomic E-state index is 12.9. The van der Waals surface area contributed by atoms with Crippen LogP contribution in [0, 0.1) is 5.92 Å². The van der Waals surface area contributed by atoms with E-state index in [1.165, 1.54) is 7.11 Å². The molecule has 0 aliphatic rings. The highest BCUT2D eigenvalue weighted by atomic mass is 16.5. The predicted octanol–water partition coefficient (Wildman–Crippen LogP) is 3.15. The Balaban J connectivity index is 2.22. The van der Waals surface area contributed by atoms with Gasteiger partial charge in [0, 0.05) is 18.7 Å². The SMILES string of the molecule is COC(=O)C(C)CN(Cc1ccccc1)C(=O)c1ccc(OC)cc1. The quantitative estimate of drug-likeness (QED) is 0.726. The van der Waals surface area contributed by atoms with Gasteiger partial charge < -0.3 is 14.4 Å². The van der Waals surface area contributed by atoms with Gasteiger partial charge in [-0.15, -0.1) is 0 Å². The summed E-state index contributed by atoms with van der Waals surface area (Å²) in [6.07, 6.45) is 0. The average Bonchev–Trinajstić information content (AvgIpc) is 2.67. The summed E-state index contributed by atoms with van der Waals surface area (Å²) in [4.78, 5) is 26.4. The Kier molecular flexibility index (Phi) is 6.57. The van der Waals surface area contributed by atoms with E-state index in [0.717, 1.165) is 5.56 Å². The number of nitrogens with zero attached hydrogens (tertiary/aromatic N) is 1. The maximum absolute atomic E-state index is 12.9. The summed E-state index contributed by atoms with van der Waals surface area (Å²) in [5.41, 5.74) is 1.55. The minimum absolute atomic E-state index is 0.137. The van der Waals surface area contributed by atoms with E-state index in [1.807, 2.05) is 30.3 Å². The molecule has 0 saturated carbocycles. The topological polar surface area (TPSA) is 55.8 Å². The first-order valence-corrected chi connectivity index (χ1v) is 8.10. The highest BCUT2D eigenvalue weighted by molar-refractivity contribution is 5.94. The molecule has 0 aliphatic heterocycles. The number of hydrogen-bond acceptors (Lipinski definition) is 4.